The number of nitrogens with zero attached hydrogens (tertiary/aromatic N) is 3. The van der Waals surface area contributed by atoms with Crippen molar-refractivity contribution in [1.29, 1.82) is 0 Å². The number of halogens is 1. The Hall–Kier alpha value is -1.70. The summed E-state index contributed by atoms with van der Waals surface area (Å²) in [5.41, 5.74) is 0.677. The molecule has 23 heavy (non-hydrogen) atoms. The van der Waals surface area contributed by atoms with Gasteiger partial charge in [0.2, 0.25) is 0 Å². The molecular formula is C15H16ClN3O3S. The third kappa shape index (κ3) is 3.63. The third-order valence-corrected chi connectivity index (χ3v) is 4.43. The molecule has 1 atom stereocenters. The summed E-state index contributed by atoms with van der Waals surface area (Å²) in [7, 11) is 0. The van der Waals surface area contributed by atoms with Crippen LogP contribution in [-0.4, -0.2) is 35.4 Å². The lowest BCUT2D eigenvalue weighted by atomic mass is 10.2. The van der Waals surface area contributed by atoms with E-state index >= 15 is 0 Å². The Kier molecular flexibility index (Phi) is 4.79. The smallest absolute Gasteiger partial charge is 0.253 e. The van der Waals surface area contributed by atoms with Crippen LogP contribution in [-0.2, 0) is 16.1 Å². The fourth-order valence-electron chi connectivity index (χ4n) is 2.36. The Morgan fingerprint density at radius 2 is 2.35 bits per heavy atom. The van der Waals surface area contributed by atoms with E-state index in [1.165, 1.54) is 11.3 Å². The largest absolute Gasteiger partial charge is 0.485 e. The lowest BCUT2D eigenvalue weighted by Crippen LogP contribution is -2.44. The SMILES string of the molecule is Cc1nnc(COCC(=O)N2CC(C)Oc3c(Cl)cccc32)s1. The third-order valence-electron chi connectivity index (χ3n) is 3.32. The van der Waals surface area contributed by atoms with Crippen LogP contribution in [0.25, 0.3) is 0 Å². The van der Waals surface area contributed by atoms with Crippen molar-refractivity contribution in [3.05, 3.63) is 33.2 Å². The zero-order valence-corrected chi connectivity index (χ0v) is 14.4. The van der Waals surface area contributed by atoms with E-state index in [9.17, 15) is 4.79 Å². The molecule has 0 N–H and O–H groups in total. The summed E-state index contributed by atoms with van der Waals surface area (Å²) in [5, 5.41) is 10.0. The van der Waals surface area contributed by atoms with Gasteiger partial charge in [-0.25, -0.2) is 0 Å². The van der Waals surface area contributed by atoms with Gasteiger partial charge in [0, 0.05) is 0 Å². The molecule has 6 nitrogen and oxygen atoms in total. The fraction of sp³-hybridized carbons (Fsp3) is 0.400. The van der Waals surface area contributed by atoms with Crippen molar-refractivity contribution in [3.63, 3.8) is 0 Å². The van der Waals surface area contributed by atoms with Crippen LogP contribution in [0, 0.1) is 6.92 Å². The van der Waals surface area contributed by atoms with Crippen molar-refractivity contribution in [2.75, 3.05) is 18.1 Å². The first-order valence-electron chi connectivity index (χ1n) is 7.17. The minimum Gasteiger partial charge on any atom is -0.485 e. The fourth-order valence-corrected chi connectivity index (χ4v) is 3.22. The molecule has 2 heterocycles. The molecule has 0 fully saturated rings. The van der Waals surface area contributed by atoms with Gasteiger partial charge in [-0.3, -0.25) is 4.79 Å². The molecule has 122 valence electrons. The first kappa shape index (κ1) is 16.2. The van der Waals surface area contributed by atoms with E-state index in [0.29, 0.717) is 23.0 Å². The Balaban J connectivity index is 1.66. The maximum absolute atomic E-state index is 12.5. The number of aromatic nitrogens is 2. The van der Waals surface area contributed by atoms with E-state index in [1.807, 2.05) is 19.9 Å². The van der Waals surface area contributed by atoms with Crippen molar-refractivity contribution in [3.8, 4) is 5.75 Å². The molecule has 1 aliphatic heterocycles. The Morgan fingerprint density at radius 1 is 1.52 bits per heavy atom. The zero-order chi connectivity index (χ0) is 16.4. The van der Waals surface area contributed by atoms with E-state index in [1.54, 1.807) is 17.0 Å². The molecule has 0 spiro atoms. The van der Waals surface area contributed by atoms with E-state index in [-0.39, 0.29) is 25.2 Å². The second kappa shape index (κ2) is 6.82. The van der Waals surface area contributed by atoms with E-state index in [2.05, 4.69) is 10.2 Å². The quantitative estimate of drug-likeness (QED) is 0.845. The average Bonchev–Trinajstić information content (AvgIpc) is 2.93. The molecule has 8 heteroatoms. The number of benzene rings is 1. The monoisotopic (exact) mass is 353 g/mol. The molecule has 0 saturated carbocycles. The number of carbonyl (C=O) groups is 1. The molecule has 1 aromatic heterocycles. The predicted molar refractivity (Wildman–Crippen MR) is 88.2 cm³/mol. The van der Waals surface area contributed by atoms with Gasteiger partial charge in [0.1, 0.15) is 29.3 Å². The van der Waals surface area contributed by atoms with Crippen LogP contribution in [0.1, 0.15) is 16.9 Å². The number of fused-ring (bicyclic) bond motifs is 1. The summed E-state index contributed by atoms with van der Waals surface area (Å²) in [6, 6.07) is 5.36. The highest BCUT2D eigenvalue weighted by atomic mass is 35.5. The molecule has 1 aliphatic rings. The van der Waals surface area contributed by atoms with Gasteiger partial charge < -0.3 is 14.4 Å². The maximum atomic E-state index is 12.5. The van der Waals surface area contributed by atoms with Crippen molar-refractivity contribution < 1.29 is 14.3 Å². The van der Waals surface area contributed by atoms with Crippen LogP contribution in [0.2, 0.25) is 5.02 Å². The summed E-state index contributed by atoms with van der Waals surface area (Å²) in [6.07, 6.45) is -0.128. The highest BCUT2D eigenvalue weighted by Crippen LogP contribution is 2.39. The standard InChI is InChI=1S/C15H16ClN3O3S/c1-9-6-19(12-5-3-4-11(16)15(12)22-9)14(20)8-21-7-13-18-17-10(2)23-13/h3-5,9H,6-8H2,1-2H3. The second-order valence-electron chi connectivity index (χ2n) is 5.23. The average molecular weight is 354 g/mol. The van der Waals surface area contributed by atoms with Gasteiger partial charge in [0.25, 0.3) is 5.91 Å². The minimum absolute atomic E-state index is 0.0305. The Morgan fingerprint density at radius 3 is 3.09 bits per heavy atom. The number of hydrogen-bond donors (Lipinski definition) is 0. The number of anilines is 1. The van der Waals surface area contributed by atoms with Crippen molar-refractivity contribution >= 4 is 34.5 Å². The Labute approximate surface area is 143 Å². The first-order chi connectivity index (χ1) is 11.0. The van der Waals surface area contributed by atoms with E-state index in [4.69, 9.17) is 21.1 Å². The van der Waals surface area contributed by atoms with Gasteiger partial charge in [-0.05, 0) is 26.0 Å². The van der Waals surface area contributed by atoms with Crippen molar-refractivity contribution in [2.45, 2.75) is 26.6 Å². The van der Waals surface area contributed by atoms with Gasteiger partial charge in [0.05, 0.1) is 17.3 Å². The summed E-state index contributed by atoms with van der Waals surface area (Å²) >= 11 is 7.61. The lowest BCUT2D eigenvalue weighted by molar-refractivity contribution is -0.124. The highest BCUT2D eigenvalue weighted by Gasteiger charge is 2.29. The summed E-state index contributed by atoms with van der Waals surface area (Å²) in [6.45, 7) is 4.49. The van der Waals surface area contributed by atoms with Crippen LogP contribution < -0.4 is 9.64 Å². The number of amides is 1. The van der Waals surface area contributed by atoms with Crippen LogP contribution >= 0.6 is 22.9 Å². The second-order valence-corrected chi connectivity index (χ2v) is 6.90. The summed E-state index contributed by atoms with van der Waals surface area (Å²) in [5.74, 6) is 0.408. The molecule has 0 aliphatic carbocycles. The molecule has 0 saturated heterocycles. The molecule has 1 amide bonds. The molecule has 2 aromatic rings. The topological polar surface area (TPSA) is 64.6 Å². The number of hydrogen-bond acceptors (Lipinski definition) is 6. The zero-order valence-electron chi connectivity index (χ0n) is 12.8. The van der Waals surface area contributed by atoms with Crippen LogP contribution in [0.4, 0.5) is 5.69 Å². The molecule has 3 rings (SSSR count). The van der Waals surface area contributed by atoms with Crippen molar-refractivity contribution in [1.82, 2.24) is 10.2 Å². The van der Waals surface area contributed by atoms with Crippen LogP contribution in [0.5, 0.6) is 5.75 Å². The number of ether oxygens (including phenoxy) is 2. The normalized spacial score (nSPS) is 16.8. The lowest BCUT2D eigenvalue weighted by Gasteiger charge is -2.33. The van der Waals surface area contributed by atoms with Gasteiger partial charge in [-0.15, -0.1) is 10.2 Å². The van der Waals surface area contributed by atoms with Gasteiger partial charge in [-0.1, -0.05) is 29.0 Å². The first-order valence-corrected chi connectivity index (χ1v) is 8.36. The number of para-hydroxylation sites is 1. The molecule has 1 unspecified atom stereocenters. The van der Waals surface area contributed by atoms with Gasteiger partial charge in [-0.2, -0.15) is 0 Å². The van der Waals surface area contributed by atoms with E-state index < -0.39 is 0 Å². The van der Waals surface area contributed by atoms with Crippen LogP contribution in [0.15, 0.2) is 18.2 Å². The maximum Gasteiger partial charge on any atom is 0.253 e. The molecule has 0 bridgehead atoms. The van der Waals surface area contributed by atoms with Gasteiger partial charge >= 0.3 is 0 Å². The molecule has 1 aromatic carbocycles. The number of rotatable bonds is 4. The molecular weight excluding hydrogens is 338 g/mol. The minimum atomic E-state index is -0.134. The summed E-state index contributed by atoms with van der Waals surface area (Å²) < 4.78 is 11.2. The van der Waals surface area contributed by atoms with Crippen LogP contribution in [0.3, 0.4) is 0 Å². The van der Waals surface area contributed by atoms with Gasteiger partial charge in [0.15, 0.2) is 5.75 Å². The Bertz CT molecular complexity index is 722. The predicted octanol–water partition coefficient (Wildman–Crippen LogP) is 2.83. The highest BCUT2D eigenvalue weighted by molar-refractivity contribution is 7.11. The van der Waals surface area contributed by atoms with E-state index in [0.717, 1.165) is 10.0 Å². The molecule has 0 radical (unpaired) electrons. The number of aryl methyl sites for hydroxylation is 1. The summed E-state index contributed by atoms with van der Waals surface area (Å²) in [4.78, 5) is 14.1. The number of carbonyl (C=O) groups excluding carboxylic acids is 1. The van der Waals surface area contributed by atoms with Crippen molar-refractivity contribution in [2.24, 2.45) is 0 Å².